The minimum atomic E-state index is -0.633. The molecule has 3 amide bonds. The molecule has 1 saturated heterocycles. The maximum Gasteiger partial charge on any atom is 0.226 e. The number of nitrogens with two attached hydrogens (primary N) is 1. The predicted molar refractivity (Wildman–Crippen MR) is 317 cm³/mol. The van der Waals surface area contributed by atoms with E-state index in [1.807, 2.05) is 88.8 Å². The summed E-state index contributed by atoms with van der Waals surface area (Å²) in [5.41, 5.74) is 12.1. The predicted octanol–water partition coefficient (Wildman–Crippen LogP) is 9.05. The summed E-state index contributed by atoms with van der Waals surface area (Å²) in [6, 6.07) is 8.55. The van der Waals surface area contributed by atoms with Crippen LogP contribution in [0.15, 0.2) is 30.3 Å². The van der Waals surface area contributed by atoms with E-state index in [-0.39, 0.29) is 137 Å². The zero-order valence-electron chi connectivity index (χ0n) is 50.3. The average molecular weight is 1340 g/mol. The van der Waals surface area contributed by atoms with Crippen molar-refractivity contribution in [2.75, 3.05) is 88.0 Å². The number of Topliss-reactive ketones (excluding diaryl/α,β-unsaturated/α-hetero) is 3. The van der Waals surface area contributed by atoms with Crippen molar-refractivity contribution in [1.29, 1.82) is 0 Å². The Morgan fingerprint density at radius 2 is 1.44 bits per heavy atom. The number of rotatable bonds is 37. The molecule has 1 aliphatic heterocycles. The molecule has 0 radical (unpaired) electrons. The minimum Gasteiger partial charge on any atom is -0.676 e. The molecule has 19 heteroatoms. The van der Waals surface area contributed by atoms with Gasteiger partial charge in [0.2, 0.25) is 17.7 Å². The number of ether oxygens (including phenoxy) is 4. The van der Waals surface area contributed by atoms with E-state index in [2.05, 4.69) is 25.6 Å². The summed E-state index contributed by atoms with van der Waals surface area (Å²) in [6.45, 7) is 17.1. The molecule has 0 aromatic heterocycles. The first-order chi connectivity index (χ1) is 36.3. The molecule has 1 aliphatic carbocycles. The number of ketones is 3. The van der Waals surface area contributed by atoms with E-state index < -0.39 is 36.0 Å². The molecule has 16 nitrogen and oxygen atoms in total. The molecule has 1 aromatic carbocycles. The monoisotopic (exact) mass is 1340 g/mol. The first-order valence-electron chi connectivity index (χ1n) is 28.8. The number of hydrogen-bond donors (Lipinski definition) is 2. The maximum absolute atomic E-state index is 14.5. The molecule has 4 N–H and O–H groups in total. The fraction of sp³-hybridized carbons (Fsp3) is 0.783. The van der Waals surface area contributed by atoms with E-state index in [0.29, 0.717) is 83.3 Å². The van der Waals surface area contributed by atoms with Crippen LogP contribution in [0.5, 0.6) is 0 Å². The molecule has 2 fully saturated rings. The summed E-state index contributed by atoms with van der Waals surface area (Å²) in [4.78, 5) is 88.4. The minimum absolute atomic E-state index is 0. The number of nitrogens with one attached hydrogen (secondary N) is 2. The first kappa shape index (κ1) is 78.7. The first-order valence-corrected chi connectivity index (χ1v) is 28.8. The molecule has 0 spiro atoms. The van der Waals surface area contributed by atoms with Crippen LogP contribution in [0.3, 0.4) is 0 Å². The van der Waals surface area contributed by atoms with Crippen LogP contribution in [0.2, 0.25) is 0 Å². The largest absolute Gasteiger partial charge is 0.676 e. The molecule has 0 unspecified atom stereocenters. The van der Waals surface area contributed by atoms with Crippen LogP contribution < -0.4 is 11.1 Å². The maximum atomic E-state index is 14.5. The summed E-state index contributed by atoms with van der Waals surface area (Å²) in [5, 5.41) is 2.98. The topological polar surface area (TPSA) is 211 Å². The zero-order chi connectivity index (χ0) is 56.7. The fourth-order valence-corrected chi connectivity index (χ4v) is 11.2. The number of halogens is 2. The standard InChI is InChI=1S/C58H97N4O10.C2H7N2.2ClH.Pt/c1-13-42(6)55(61(10)58(68)48(40(2)3)38-51(65)54(41(4)5)60(8)9)52(69-11)39-53(66)62-31-20-27-49(62)56(70-12)43(7)50(64)37-46(36-45-24-18-15-19-25-45)57(67)59-30-33-72-35-34-71-32-21-26-47(63)29-28-44-22-16-14-17-23-44;3-1-2-4;;;/h14-15,18-19,24-25,40-44,46,48-49,52,54-56H,13,16-17,20-23,26-39H2,1-12H3,(H,59,67);3H,1-2,4H2;2*1H;/q2*-1;;;/t42-,43-,46-,48-,49-,52+,54-,55-,56+;;;;/m0..../s1. The van der Waals surface area contributed by atoms with Gasteiger partial charge in [-0.15, -0.1) is 31.4 Å². The van der Waals surface area contributed by atoms with Gasteiger partial charge in [-0.1, -0.05) is 98.1 Å². The summed E-state index contributed by atoms with van der Waals surface area (Å²) in [6.07, 6.45) is 11.5. The van der Waals surface area contributed by atoms with Gasteiger partial charge >= 0.3 is 0 Å². The van der Waals surface area contributed by atoms with Crippen LogP contribution in [-0.4, -0.2) is 168 Å². The van der Waals surface area contributed by atoms with Gasteiger partial charge in [-0.05, 0) is 82.0 Å². The van der Waals surface area contributed by atoms with Crippen molar-refractivity contribution in [2.45, 2.75) is 175 Å². The third kappa shape index (κ3) is 28.2. The Labute approximate surface area is 504 Å². The molecule has 0 bridgehead atoms. The Morgan fingerprint density at radius 3 is 1.99 bits per heavy atom. The summed E-state index contributed by atoms with van der Waals surface area (Å²) in [5.74, 6) is -1.37. The van der Waals surface area contributed by atoms with E-state index in [1.165, 1.54) is 25.7 Å². The number of likely N-dealkylation sites (tertiary alicyclic amines) is 1. The Morgan fingerprint density at radius 1 is 0.823 bits per heavy atom. The van der Waals surface area contributed by atoms with E-state index in [4.69, 9.17) is 30.4 Å². The molecule has 1 aromatic rings. The zero-order valence-corrected chi connectivity index (χ0v) is 54.2. The number of nitrogens with zero attached hydrogens (tertiary/aromatic N) is 3. The van der Waals surface area contributed by atoms with Gasteiger partial charge in [0.05, 0.1) is 56.6 Å². The molecule has 79 heavy (non-hydrogen) atoms. The van der Waals surface area contributed by atoms with Crippen molar-refractivity contribution >= 4 is 59.9 Å². The molecule has 2 aliphatic rings. The van der Waals surface area contributed by atoms with Gasteiger partial charge in [-0.3, -0.25) is 33.7 Å². The van der Waals surface area contributed by atoms with Crippen LogP contribution in [0.1, 0.15) is 144 Å². The normalized spacial score (nSPS) is 17.6. The second-order valence-corrected chi connectivity index (χ2v) is 22.4. The Kier molecular flexibility index (Phi) is 44.0. The molecule has 462 valence electrons. The third-order valence-corrected chi connectivity index (χ3v) is 15.8. The van der Waals surface area contributed by atoms with Gasteiger partial charge in [0.1, 0.15) is 11.6 Å². The summed E-state index contributed by atoms with van der Waals surface area (Å²) in [7, 11) is 8.72. The van der Waals surface area contributed by atoms with Gasteiger partial charge in [-0.2, -0.15) is 12.8 Å². The van der Waals surface area contributed by atoms with E-state index in [0.717, 1.165) is 24.8 Å². The van der Waals surface area contributed by atoms with Crippen molar-refractivity contribution in [1.82, 2.24) is 20.0 Å². The van der Waals surface area contributed by atoms with Crippen molar-refractivity contribution in [3.05, 3.63) is 48.0 Å². The number of carbonyl (C=O) groups is 6. The van der Waals surface area contributed by atoms with Gasteiger partial charge in [0.15, 0.2) is 5.78 Å². The summed E-state index contributed by atoms with van der Waals surface area (Å²) < 4.78 is 23.6. The van der Waals surface area contributed by atoms with Crippen LogP contribution in [-0.2, 0) is 75.2 Å². The van der Waals surface area contributed by atoms with Gasteiger partial charge in [0.25, 0.3) is 0 Å². The van der Waals surface area contributed by atoms with Crippen molar-refractivity contribution in [2.24, 2.45) is 47.2 Å². The summed E-state index contributed by atoms with van der Waals surface area (Å²) >= 11 is 0. The van der Waals surface area contributed by atoms with Gasteiger partial charge in [0, 0.05) is 105 Å². The van der Waals surface area contributed by atoms with Crippen LogP contribution in [0.4, 0.5) is 0 Å². The molecule has 1 saturated carbocycles. The molecule has 9 atom stereocenters. The second-order valence-electron chi connectivity index (χ2n) is 22.4. The number of methoxy groups -OCH3 is 2. The van der Waals surface area contributed by atoms with Crippen LogP contribution >= 0.6 is 24.8 Å². The van der Waals surface area contributed by atoms with Crippen molar-refractivity contribution < 1.29 is 68.8 Å². The molecule has 1 heterocycles. The second kappa shape index (κ2) is 44.2. The number of carbonyl (C=O) groups excluding carboxylic acids is 6. The fourth-order valence-electron chi connectivity index (χ4n) is 11.2. The number of likely N-dealkylation sites (N-methyl/N-ethyl adjacent to an activating group) is 2. The Balaban J connectivity index is 0. The number of hydrogen-bond acceptors (Lipinski definition) is 12. The SMILES string of the molecule is CC[C@H](C)[C@@H]([C@@H](CC(=O)N1CCC[C@H]1[C@H](OC)[C@@H](C)C(=O)C[C@H](Cc1ccccc1)C(=O)NCCOCCOCCCC(=O)CCC1CC[CH-]CC1)OC)N(C)C(=O)[C@@H](CC(=O)[C@H](C(C)C)N(C)C)C(C)C.Cl.Cl.[NH-]CCN.[Pt]. The quantitative estimate of drug-likeness (QED) is 0.0472. The van der Waals surface area contributed by atoms with Crippen LogP contribution in [0, 0.1) is 47.8 Å². The Hall–Kier alpha value is -2.37. The van der Waals surface area contributed by atoms with Gasteiger partial charge in [-0.25, -0.2) is 0 Å². The number of benzene rings is 1. The van der Waals surface area contributed by atoms with Gasteiger partial charge < -0.3 is 52.0 Å². The van der Waals surface area contributed by atoms with Crippen molar-refractivity contribution in [3.8, 4) is 0 Å². The van der Waals surface area contributed by atoms with E-state index in [1.54, 1.807) is 26.2 Å². The smallest absolute Gasteiger partial charge is 0.226 e. The Bertz CT molecular complexity index is 1820. The molecular weight excluding hydrogens is 1230 g/mol. The third-order valence-electron chi connectivity index (χ3n) is 15.8. The number of amides is 3. The van der Waals surface area contributed by atoms with Crippen molar-refractivity contribution in [3.63, 3.8) is 0 Å². The van der Waals surface area contributed by atoms with E-state index >= 15 is 0 Å². The molecular formula is C60H106Cl2N6O10Pt-2. The average Bonchev–Trinajstić information content (AvgIpc) is 3.90. The van der Waals surface area contributed by atoms with Crippen LogP contribution in [0.25, 0.3) is 5.73 Å². The molecule has 3 rings (SSSR count). The van der Waals surface area contributed by atoms with E-state index in [9.17, 15) is 28.8 Å².